The molecule has 1 amide bonds. The number of methoxy groups -OCH3 is 2. The number of carbonyl (C=O) groups is 4. The molecule has 334 valence electrons. The predicted octanol–water partition coefficient (Wildman–Crippen LogP) is 5.77. The van der Waals surface area contributed by atoms with Gasteiger partial charge in [0.2, 0.25) is 5.79 Å². The Hall–Kier alpha value is -2.94. The molecule has 0 spiro atoms. The van der Waals surface area contributed by atoms with E-state index in [1.54, 1.807) is 13.8 Å². The summed E-state index contributed by atoms with van der Waals surface area (Å²) in [6.07, 6.45) is 3.92. The number of piperidine rings is 1. The first-order chi connectivity index (χ1) is 27.9. The summed E-state index contributed by atoms with van der Waals surface area (Å²) < 4.78 is 30.3. The molecule has 3 aliphatic heterocycles. The van der Waals surface area contributed by atoms with Crippen molar-refractivity contribution in [2.75, 3.05) is 20.8 Å². The standard InChI is InChI=1S/C46H73NO12/c1-11-30(7)57-38-24-32(16-17-35(38)48)22-28(5)41-31(8)36(49)25-37(50)33(12-2)20-26(3)19-27(4)21-39(55-9)42-40(56-10)23-29(6)46(54,59-42)43(51)44(52)47-18-14-13-15-34(47)45(53)58-41/h20,22,27,29,31-36,38-42,48-49,54H,7,11-19,21,23-25H2,1-6,8-10H3. The van der Waals surface area contributed by atoms with Gasteiger partial charge < -0.3 is 43.9 Å². The quantitative estimate of drug-likeness (QED) is 0.117. The number of esters is 1. The van der Waals surface area contributed by atoms with Crippen molar-refractivity contribution in [3.63, 3.8) is 0 Å². The molecule has 0 aromatic rings. The fraction of sp³-hybridized carbons (Fsp3) is 0.783. The van der Waals surface area contributed by atoms with Crippen molar-refractivity contribution in [1.82, 2.24) is 4.90 Å². The Morgan fingerprint density at radius 3 is 2.27 bits per heavy atom. The van der Waals surface area contributed by atoms with E-state index in [0.717, 1.165) is 5.57 Å². The van der Waals surface area contributed by atoms with Crippen molar-refractivity contribution in [2.45, 2.75) is 180 Å². The number of Topliss-reactive ketones (excluding diaryl/α,β-unsaturated/α-hetero) is 2. The summed E-state index contributed by atoms with van der Waals surface area (Å²) in [5.74, 6) is -7.04. The molecule has 2 saturated heterocycles. The largest absolute Gasteiger partial charge is 0.493 e. The van der Waals surface area contributed by atoms with Gasteiger partial charge in [-0.15, -0.1) is 0 Å². The lowest BCUT2D eigenvalue weighted by molar-refractivity contribution is -0.302. The molecule has 1 aliphatic carbocycles. The molecule has 14 unspecified atom stereocenters. The van der Waals surface area contributed by atoms with Crippen molar-refractivity contribution >= 4 is 23.4 Å². The second-order valence-corrected chi connectivity index (χ2v) is 17.9. The van der Waals surface area contributed by atoms with Gasteiger partial charge in [-0.3, -0.25) is 14.4 Å². The van der Waals surface area contributed by atoms with Gasteiger partial charge in [-0.1, -0.05) is 58.9 Å². The van der Waals surface area contributed by atoms with Crippen molar-refractivity contribution in [3.8, 4) is 0 Å². The van der Waals surface area contributed by atoms with E-state index in [9.17, 15) is 34.5 Å². The van der Waals surface area contributed by atoms with Gasteiger partial charge in [0, 0.05) is 51.4 Å². The minimum atomic E-state index is -2.51. The van der Waals surface area contributed by atoms with Crippen LogP contribution in [-0.2, 0) is 42.9 Å². The first kappa shape index (κ1) is 48.7. The molecule has 4 rings (SSSR count). The van der Waals surface area contributed by atoms with Crippen LogP contribution in [0.4, 0.5) is 0 Å². The van der Waals surface area contributed by atoms with E-state index in [1.807, 2.05) is 39.8 Å². The number of amides is 1. The van der Waals surface area contributed by atoms with Crippen LogP contribution in [0.3, 0.4) is 0 Å². The smallest absolute Gasteiger partial charge is 0.329 e. The Labute approximate surface area is 351 Å². The highest BCUT2D eigenvalue weighted by molar-refractivity contribution is 6.39. The van der Waals surface area contributed by atoms with Crippen LogP contribution in [0.25, 0.3) is 0 Å². The summed E-state index contributed by atoms with van der Waals surface area (Å²) >= 11 is 0. The van der Waals surface area contributed by atoms with Crippen molar-refractivity contribution in [1.29, 1.82) is 0 Å². The van der Waals surface area contributed by atoms with Crippen LogP contribution in [0.2, 0.25) is 0 Å². The zero-order valence-corrected chi connectivity index (χ0v) is 37.0. The van der Waals surface area contributed by atoms with Crippen LogP contribution in [0.1, 0.15) is 126 Å². The summed E-state index contributed by atoms with van der Waals surface area (Å²) in [6.45, 7) is 17.1. The normalized spacial score (nSPS) is 39.1. The number of aliphatic hydroxyl groups is 3. The molecule has 2 bridgehead atoms. The Balaban J connectivity index is 1.76. The van der Waals surface area contributed by atoms with Gasteiger partial charge in [0.15, 0.2) is 0 Å². The zero-order valence-electron chi connectivity index (χ0n) is 37.0. The van der Waals surface area contributed by atoms with Gasteiger partial charge in [-0.2, -0.15) is 0 Å². The molecule has 13 heteroatoms. The second kappa shape index (κ2) is 21.7. The maximum absolute atomic E-state index is 14.4. The first-order valence-electron chi connectivity index (χ1n) is 22.0. The van der Waals surface area contributed by atoms with Gasteiger partial charge in [-0.05, 0) is 95.5 Å². The number of ketones is 2. The van der Waals surface area contributed by atoms with E-state index >= 15 is 0 Å². The molecule has 3 fully saturated rings. The van der Waals surface area contributed by atoms with Crippen LogP contribution >= 0.6 is 0 Å². The Bertz CT molecular complexity index is 1540. The first-order valence-corrected chi connectivity index (χ1v) is 22.0. The minimum absolute atomic E-state index is 0.0296. The number of carbonyl (C=O) groups excluding carboxylic acids is 4. The highest BCUT2D eigenvalue weighted by Gasteiger charge is 2.56. The molecule has 0 aromatic heterocycles. The lowest BCUT2D eigenvalue weighted by Gasteiger charge is -2.47. The van der Waals surface area contributed by atoms with Crippen LogP contribution in [0.15, 0.2) is 35.6 Å². The van der Waals surface area contributed by atoms with Crippen molar-refractivity contribution in [3.05, 3.63) is 35.6 Å². The molecule has 3 N–H and O–H groups in total. The zero-order chi connectivity index (χ0) is 43.8. The Kier molecular flexibility index (Phi) is 17.9. The highest BCUT2D eigenvalue weighted by Crippen LogP contribution is 2.39. The van der Waals surface area contributed by atoms with E-state index in [0.29, 0.717) is 69.1 Å². The fourth-order valence-corrected chi connectivity index (χ4v) is 9.56. The van der Waals surface area contributed by atoms with Crippen LogP contribution in [0, 0.1) is 29.6 Å². The number of hydrogen-bond acceptors (Lipinski definition) is 12. The summed E-state index contributed by atoms with van der Waals surface area (Å²) in [5.41, 5.74) is 1.64. The molecule has 3 heterocycles. The lowest BCUT2D eigenvalue weighted by atomic mass is 9.81. The number of fused-ring (bicyclic) bond motifs is 3. The summed E-state index contributed by atoms with van der Waals surface area (Å²) in [6, 6.07) is -1.14. The van der Waals surface area contributed by atoms with Gasteiger partial charge in [0.1, 0.15) is 30.1 Å². The molecule has 0 aromatic carbocycles. The summed E-state index contributed by atoms with van der Waals surface area (Å²) in [4.78, 5) is 57.9. The number of allylic oxidation sites excluding steroid dienone is 4. The van der Waals surface area contributed by atoms with Gasteiger partial charge in [0.25, 0.3) is 11.7 Å². The Morgan fingerprint density at radius 2 is 1.63 bits per heavy atom. The average molecular weight is 832 g/mol. The van der Waals surface area contributed by atoms with Crippen LogP contribution < -0.4 is 0 Å². The van der Waals surface area contributed by atoms with E-state index < -0.39 is 90.0 Å². The van der Waals surface area contributed by atoms with Gasteiger partial charge >= 0.3 is 5.97 Å². The number of aliphatic hydroxyl groups excluding tert-OH is 2. The molecular weight excluding hydrogens is 759 g/mol. The number of ether oxygens (including phenoxy) is 5. The summed E-state index contributed by atoms with van der Waals surface area (Å²) in [5, 5.41) is 34.5. The molecule has 13 nitrogen and oxygen atoms in total. The van der Waals surface area contributed by atoms with Gasteiger partial charge in [-0.25, -0.2) is 4.79 Å². The number of nitrogens with zero attached hydrogens (tertiary/aromatic N) is 1. The Morgan fingerprint density at radius 1 is 0.949 bits per heavy atom. The maximum Gasteiger partial charge on any atom is 0.329 e. The highest BCUT2D eigenvalue weighted by atomic mass is 16.7. The van der Waals surface area contributed by atoms with E-state index in [1.165, 1.54) is 19.1 Å². The van der Waals surface area contributed by atoms with Crippen LogP contribution in [0.5, 0.6) is 0 Å². The molecule has 0 radical (unpaired) electrons. The predicted molar refractivity (Wildman–Crippen MR) is 222 cm³/mol. The molecule has 4 aliphatic rings. The maximum atomic E-state index is 14.4. The van der Waals surface area contributed by atoms with Gasteiger partial charge in [0.05, 0.1) is 30.2 Å². The topological polar surface area (TPSA) is 178 Å². The second-order valence-electron chi connectivity index (χ2n) is 17.9. The van der Waals surface area contributed by atoms with E-state index in [4.69, 9.17) is 23.7 Å². The van der Waals surface area contributed by atoms with Crippen LogP contribution in [-0.4, -0.2) is 119 Å². The number of cyclic esters (lactones) is 1. The van der Waals surface area contributed by atoms with Crippen molar-refractivity contribution < 1.29 is 58.2 Å². The van der Waals surface area contributed by atoms with E-state index in [-0.39, 0.29) is 43.4 Å². The SMILES string of the molecule is C=C(CC)OC1CC(C=C(C)C2OC(=O)C3CCCCN3C(=O)C(=O)C3(O)OC(C(OC)CC(C)CC(C)=CC(CC)C(=O)CC(O)C2C)C(OC)CC3C)CCC1O. The molecule has 1 saturated carbocycles. The third-order valence-corrected chi connectivity index (χ3v) is 13.3. The molecule has 59 heavy (non-hydrogen) atoms. The lowest BCUT2D eigenvalue weighted by Crippen LogP contribution is -2.64. The third-order valence-electron chi connectivity index (χ3n) is 13.3. The summed E-state index contributed by atoms with van der Waals surface area (Å²) in [7, 11) is 3.06. The molecule has 14 atom stereocenters. The average Bonchev–Trinajstić information content (AvgIpc) is 3.21. The number of rotatable bonds is 8. The van der Waals surface area contributed by atoms with Crippen molar-refractivity contribution in [2.24, 2.45) is 29.6 Å². The van der Waals surface area contributed by atoms with E-state index in [2.05, 4.69) is 13.5 Å². The number of hydrogen-bond donors (Lipinski definition) is 3. The third kappa shape index (κ3) is 11.9. The monoisotopic (exact) mass is 832 g/mol. The molecular formula is C46H73NO12. The fourth-order valence-electron chi connectivity index (χ4n) is 9.56. The minimum Gasteiger partial charge on any atom is -0.493 e.